The Bertz CT molecular complexity index is 1310. The molecular formula is C29H33F3N4O2. The minimum absolute atomic E-state index is 0.0167. The number of hydrogen-bond donors (Lipinski definition) is 1. The molecule has 6 nitrogen and oxygen atoms in total. The van der Waals surface area contributed by atoms with Crippen LogP contribution in [0.1, 0.15) is 49.4 Å². The van der Waals surface area contributed by atoms with Crippen molar-refractivity contribution in [3.05, 3.63) is 53.0 Å². The second-order valence-electron chi connectivity index (χ2n) is 10.9. The van der Waals surface area contributed by atoms with Crippen molar-refractivity contribution in [1.29, 1.82) is 0 Å². The van der Waals surface area contributed by atoms with Crippen LogP contribution < -0.4 is 15.1 Å². The number of anilines is 2. The maximum atomic E-state index is 15.2. The van der Waals surface area contributed by atoms with Gasteiger partial charge in [0.05, 0.1) is 41.7 Å². The van der Waals surface area contributed by atoms with Crippen molar-refractivity contribution in [2.45, 2.75) is 51.0 Å². The molecule has 38 heavy (non-hydrogen) atoms. The predicted molar refractivity (Wildman–Crippen MR) is 142 cm³/mol. The molecule has 0 bridgehead atoms. The minimum atomic E-state index is -2.74. The van der Waals surface area contributed by atoms with Gasteiger partial charge in [-0.05, 0) is 48.5 Å². The molecule has 1 N–H and O–H groups in total. The van der Waals surface area contributed by atoms with Gasteiger partial charge in [0.15, 0.2) is 0 Å². The second-order valence-corrected chi connectivity index (χ2v) is 10.9. The number of pyridine rings is 1. The summed E-state index contributed by atoms with van der Waals surface area (Å²) in [7, 11) is 0. The first-order chi connectivity index (χ1) is 18.3. The van der Waals surface area contributed by atoms with Gasteiger partial charge in [0.25, 0.3) is 11.8 Å². The SMILES string of the molecule is CC1C=CC2=C(C1)[C@@H](NC(=O)c1cnc3c(N4CCC(F)(F)CC4)c(F)ccc3c1N1CCOCC1)CC2. The van der Waals surface area contributed by atoms with Crippen molar-refractivity contribution in [3.8, 4) is 0 Å². The molecule has 2 aliphatic heterocycles. The highest BCUT2D eigenvalue weighted by atomic mass is 19.3. The van der Waals surface area contributed by atoms with Gasteiger partial charge in [-0.2, -0.15) is 0 Å². The third-order valence-corrected chi connectivity index (χ3v) is 8.33. The average Bonchev–Trinajstić information content (AvgIpc) is 3.30. The first-order valence-electron chi connectivity index (χ1n) is 13.6. The fourth-order valence-electron chi connectivity index (χ4n) is 6.28. The number of halogens is 3. The van der Waals surface area contributed by atoms with Crippen LogP contribution in [0.5, 0.6) is 0 Å². The summed E-state index contributed by atoms with van der Waals surface area (Å²) in [5.74, 6) is -2.99. The van der Waals surface area contributed by atoms with E-state index in [0.717, 1.165) is 19.3 Å². The Morgan fingerprint density at radius 2 is 1.84 bits per heavy atom. The van der Waals surface area contributed by atoms with Crippen LogP contribution >= 0.6 is 0 Å². The Kier molecular flexibility index (Phi) is 6.58. The Morgan fingerprint density at radius 3 is 2.61 bits per heavy atom. The average molecular weight is 527 g/mol. The van der Waals surface area contributed by atoms with Gasteiger partial charge in [0, 0.05) is 50.6 Å². The van der Waals surface area contributed by atoms with E-state index in [1.807, 2.05) is 0 Å². The minimum Gasteiger partial charge on any atom is -0.378 e. The molecule has 1 amide bonds. The van der Waals surface area contributed by atoms with E-state index < -0.39 is 11.7 Å². The molecule has 2 fully saturated rings. The lowest BCUT2D eigenvalue weighted by molar-refractivity contribution is -0.0221. The molecule has 2 aliphatic carbocycles. The molecule has 9 heteroatoms. The van der Waals surface area contributed by atoms with E-state index in [1.165, 1.54) is 23.4 Å². The van der Waals surface area contributed by atoms with Crippen LogP contribution in [0.25, 0.3) is 10.9 Å². The smallest absolute Gasteiger partial charge is 0.255 e. The van der Waals surface area contributed by atoms with Gasteiger partial charge in [-0.1, -0.05) is 19.1 Å². The number of carbonyl (C=O) groups excluding carboxylic acids is 1. The summed E-state index contributed by atoms with van der Waals surface area (Å²) in [4.78, 5) is 22.1. The van der Waals surface area contributed by atoms with Gasteiger partial charge >= 0.3 is 0 Å². The van der Waals surface area contributed by atoms with Crippen LogP contribution in [-0.2, 0) is 4.74 Å². The van der Waals surface area contributed by atoms with Crippen LogP contribution in [0.15, 0.2) is 41.6 Å². The molecule has 0 spiro atoms. The number of nitrogens with one attached hydrogen (secondary N) is 1. The predicted octanol–water partition coefficient (Wildman–Crippen LogP) is 5.23. The molecule has 1 aromatic heterocycles. The number of aromatic nitrogens is 1. The third-order valence-electron chi connectivity index (χ3n) is 8.33. The number of nitrogens with zero attached hydrogens (tertiary/aromatic N) is 3. The highest BCUT2D eigenvalue weighted by Gasteiger charge is 2.36. The zero-order valence-corrected chi connectivity index (χ0v) is 21.6. The van der Waals surface area contributed by atoms with E-state index in [9.17, 15) is 13.6 Å². The number of hydrogen-bond acceptors (Lipinski definition) is 5. The number of rotatable bonds is 4. The van der Waals surface area contributed by atoms with Gasteiger partial charge in [-0.15, -0.1) is 0 Å². The first-order valence-corrected chi connectivity index (χ1v) is 13.6. The lowest BCUT2D eigenvalue weighted by atomic mass is 9.91. The van der Waals surface area contributed by atoms with E-state index in [2.05, 4.69) is 34.3 Å². The fraction of sp³-hybridized carbons (Fsp3) is 0.517. The van der Waals surface area contributed by atoms with Gasteiger partial charge in [0.2, 0.25) is 0 Å². The van der Waals surface area contributed by atoms with Crippen LogP contribution in [-0.4, -0.2) is 62.2 Å². The third kappa shape index (κ3) is 4.65. The van der Waals surface area contributed by atoms with E-state index in [-0.39, 0.29) is 43.6 Å². The summed E-state index contributed by atoms with van der Waals surface area (Å²) in [5.41, 5.74) is 4.39. The quantitative estimate of drug-likeness (QED) is 0.591. The van der Waals surface area contributed by atoms with E-state index >= 15 is 4.39 Å². The molecule has 4 aliphatic rings. The number of alkyl halides is 2. The number of ether oxygens (including phenoxy) is 1. The summed E-state index contributed by atoms with van der Waals surface area (Å²) in [6.07, 6.45) is 8.06. The molecule has 2 aromatic rings. The Hall–Kier alpha value is -3.07. The standard InChI is InChI=1S/C29H33F3N4O2/c1-18-2-3-19-4-7-24(21(19)16-18)34-28(37)22-17-33-25-20(26(22)36-12-14-38-15-13-36)5-6-23(30)27(25)35-10-8-29(31,32)9-11-35/h2-3,5-6,17-18,24H,4,7-16H2,1H3,(H,34,37)/t18?,24-/m0/s1. The number of benzene rings is 1. The Morgan fingerprint density at radius 1 is 1.11 bits per heavy atom. The number of piperidine rings is 1. The number of allylic oxidation sites excluding steroid dienone is 3. The van der Waals surface area contributed by atoms with Gasteiger partial charge in [-0.3, -0.25) is 9.78 Å². The van der Waals surface area contributed by atoms with Gasteiger partial charge in [-0.25, -0.2) is 13.2 Å². The molecule has 2 saturated heterocycles. The summed E-state index contributed by atoms with van der Waals surface area (Å²) >= 11 is 0. The molecule has 1 unspecified atom stereocenters. The molecular weight excluding hydrogens is 493 g/mol. The topological polar surface area (TPSA) is 57.7 Å². The highest BCUT2D eigenvalue weighted by molar-refractivity contribution is 6.10. The summed E-state index contributed by atoms with van der Waals surface area (Å²) in [6.45, 7) is 4.48. The fourth-order valence-corrected chi connectivity index (χ4v) is 6.28. The molecule has 1 aromatic carbocycles. The van der Waals surface area contributed by atoms with Gasteiger partial charge in [0.1, 0.15) is 5.82 Å². The summed E-state index contributed by atoms with van der Waals surface area (Å²) < 4.78 is 48.4. The first kappa shape index (κ1) is 25.2. The maximum absolute atomic E-state index is 15.2. The zero-order chi connectivity index (χ0) is 26.4. The van der Waals surface area contributed by atoms with Crippen LogP contribution in [0.4, 0.5) is 24.5 Å². The van der Waals surface area contributed by atoms with Crippen LogP contribution in [0.2, 0.25) is 0 Å². The number of amides is 1. The second kappa shape index (κ2) is 9.91. The Labute approximate surface area is 220 Å². The zero-order valence-electron chi connectivity index (χ0n) is 21.6. The number of fused-ring (bicyclic) bond motifs is 1. The van der Waals surface area contributed by atoms with Crippen molar-refractivity contribution in [3.63, 3.8) is 0 Å². The molecule has 202 valence electrons. The van der Waals surface area contributed by atoms with Crippen molar-refractivity contribution < 1.29 is 22.7 Å². The molecule has 0 radical (unpaired) electrons. The van der Waals surface area contributed by atoms with Gasteiger partial charge < -0.3 is 19.9 Å². The van der Waals surface area contributed by atoms with Crippen molar-refractivity contribution in [2.24, 2.45) is 5.92 Å². The highest BCUT2D eigenvalue weighted by Crippen LogP contribution is 2.40. The molecule has 2 atom stereocenters. The van der Waals surface area contributed by atoms with Crippen LogP contribution in [0.3, 0.4) is 0 Å². The number of morpholine rings is 1. The van der Waals surface area contributed by atoms with Crippen molar-refractivity contribution in [1.82, 2.24) is 10.3 Å². The molecule has 3 heterocycles. The number of carbonyl (C=O) groups is 1. The van der Waals surface area contributed by atoms with E-state index in [1.54, 1.807) is 11.0 Å². The van der Waals surface area contributed by atoms with E-state index in [4.69, 9.17) is 4.74 Å². The van der Waals surface area contributed by atoms with E-state index in [0.29, 0.717) is 54.4 Å². The monoisotopic (exact) mass is 526 g/mol. The maximum Gasteiger partial charge on any atom is 0.255 e. The van der Waals surface area contributed by atoms with Crippen LogP contribution in [0, 0.1) is 11.7 Å². The van der Waals surface area contributed by atoms with Crippen molar-refractivity contribution in [2.75, 3.05) is 49.2 Å². The summed E-state index contributed by atoms with van der Waals surface area (Å²) in [6, 6.07) is 3.00. The molecule has 0 saturated carbocycles. The van der Waals surface area contributed by atoms with Crippen molar-refractivity contribution >= 4 is 28.2 Å². The summed E-state index contributed by atoms with van der Waals surface area (Å²) in [5, 5.41) is 3.91. The molecule has 6 rings (SSSR count). The Balaban J connectivity index is 1.39. The lowest BCUT2D eigenvalue weighted by Gasteiger charge is -2.35. The lowest BCUT2D eigenvalue weighted by Crippen LogP contribution is -2.40. The largest absolute Gasteiger partial charge is 0.378 e. The normalized spacial score (nSPS) is 25.2.